The number of aromatic nitrogens is 2. The second-order valence-electron chi connectivity index (χ2n) is 5.78. The van der Waals surface area contributed by atoms with Crippen LogP contribution >= 0.6 is 11.6 Å². The van der Waals surface area contributed by atoms with Crippen LogP contribution in [0.25, 0.3) is 0 Å². The smallest absolute Gasteiger partial charge is 0.336 e. The molecule has 3 rings (SSSR count). The van der Waals surface area contributed by atoms with Gasteiger partial charge < -0.3 is 21.5 Å². The van der Waals surface area contributed by atoms with Crippen molar-refractivity contribution in [1.29, 1.82) is 0 Å². The number of benzene rings is 1. The highest BCUT2D eigenvalue weighted by atomic mass is 35.5. The van der Waals surface area contributed by atoms with Gasteiger partial charge in [0.05, 0.1) is 23.5 Å². The van der Waals surface area contributed by atoms with Crippen molar-refractivity contribution in [3.8, 4) is 0 Å². The minimum atomic E-state index is -0.873. The van der Waals surface area contributed by atoms with Crippen LogP contribution in [0.1, 0.15) is 24.0 Å². The van der Waals surface area contributed by atoms with E-state index in [1.165, 1.54) is 25.3 Å². The van der Waals surface area contributed by atoms with Gasteiger partial charge >= 0.3 is 5.97 Å². The fourth-order valence-corrected chi connectivity index (χ4v) is 3.27. The normalized spacial score (nSPS) is 15.7. The maximum atomic E-state index is 12.5. The Labute approximate surface area is 158 Å². The molecule has 2 aromatic rings. The Hall–Kier alpha value is -3.40. The molecule has 1 atom stereocenters. The molecular formula is C16H15ClN6O4. The van der Waals surface area contributed by atoms with Crippen LogP contribution in [0.3, 0.4) is 0 Å². The molecule has 11 heteroatoms. The lowest BCUT2D eigenvalue weighted by atomic mass is 9.81. The van der Waals surface area contributed by atoms with Crippen LogP contribution in [0, 0.1) is 10.1 Å². The summed E-state index contributed by atoms with van der Waals surface area (Å²) in [6.45, 7) is 1.64. The summed E-state index contributed by atoms with van der Waals surface area (Å²) in [5.74, 6) is -1.27. The van der Waals surface area contributed by atoms with E-state index in [0.717, 1.165) is 0 Å². The number of hydrogen-bond acceptors (Lipinski definition) is 9. The van der Waals surface area contributed by atoms with E-state index in [0.29, 0.717) is 16.8 Å². The number of nitrogen functional groups attached to an aromatic ring is 2. The van der Waals surface area contributed by atoms with Crippen LogP contribution in [-0.2, 0) is 9.53 Å². The molecular weight excluding hydrogens is 376 g/mol. The highest BCUT2D eigenvalue weighted by molar-refractivity contribution is 6.31. The van der Waals surface area contributed by atoms with Gasteiger partial charge in [0, 0.05) is 28.4 Å². The molecule has 0 saturated carbocycles. The highest BCUT2D eigenvalue weighted by Crippen LogP contribution is 2.46. The van der Waals surface area contributed by atoms with Gasteiger partial charge in [-0.1, -0.05) is 11.6 Å². The first-order valence-corrected chi connectivity index (χ1v) is 8.05. The third-order valence-electron chi connectivity index (χ3n) is 4.19. The minimum absolute atomic E-state index is 0.0199. The third kappa shape index (κ3) is 3.10. The van der Waals surface area contributed by atoms with E-state index in [4.69, 9.17) is 27.8 Å². The van der Waals surface area contributed by atoms with Gasteiger partial charge in [-0.2, -0.15) is 9.97 Å². The Morgan fingerprint density at radius 1 is 1.37 bits per heavy atom. The zero-order chi connectivity index (χ0) is 19.9. The zero-order valence-electron chi connectivity index (χ0n) is 14.3. The monoisotopic (exact) mass is 390 g/mol. The van der Waals surface area contributed by atoms with Crippen molar-refractivity contribution in [3.05, 3.63) is 55.7 Å². The van der Waals surface area contributed by atoms with Crippen molar-refractivity contribution < 1.29 is 14.5 Å². The summed E-state index contributed by atoms with van der Waals surface area (Å²) in [5, 5.41) is 14.4. The van der Waals surface area contributed by atoms with Gasteiger partial charge in [-0.05, 0) is 18.6 Å². The average molecular weight is 391 g/mol. The molecule has 27 heavy (non-hydrogen) atoms. The number of allylic oxidation sites excluding steroid dienone is 1. The third-order valence-corrected chi connectivity index (χ3v) is 4.53. The van der Waals surface area contributed by atoms with E-state index in [-0.39, 0.29) is 33.9 Å². The molecule has 0 amide bonds. The Morgan fingerprint density at radius 3 is 2.70 bits per heavy atom. The first-order chi connectivity index (χ1) is 12.7. The lowest BCUT2D eigenvalue weighted by Crippen LogP contribution is -2.26. The number of nitrogens with one attached hydrogen (secondary N) is 1. The first kappa shape index (κ1) is 18.4. The van der Waals surface area contributed by atoms with Crippen molar-refractivity contribution in [2.75, 3.05) is 23.9 Å². The molecule has 0 bridgehead atoms. The molecule has 10 nitrogen and oxygen atoms in total. The maximum Gasteiger partial charge on any atom is 0.336 e. The van der Waals surface area contributed by atoms with E-state index in [1.54, 1.807) is 6.92 Å². The molecule has 0 fully saturated rings. The van der Waals surface area contributed by atoms with Crippen molar-refractivity contribution >= 4 is 40.8 Å². The Kier molecular flexibility index (Phi) is 4.58. The summed E-state index contributed by atoms with van der Waals surface area (Å²) in [6.07, 6.45) is 0. The largest absolute Gasteiger partial charge is 0.466 e. The summed E-state index contributed by atoms with van der Waals surface area (Å²) < 4.78 is 4.89. The van der Waals surface area contributed by atoms with Crippen LogP contribution in [-0.4, -0.2) is 28.0 Å². The summed E-state index contributed by atoms with van der Waals surface area (Å²) in [5.41, 5.74) is 12.8. The number of hydrogen-bond donors (Lipinski definition) is 3. The number of non-ortho nitro benzene ring substituents is 1. The molecule has 5 N–H and O–H groups in total. The van der Waals surface area contributed by atoms with Gasteiger partial charge in [0.2, 0.25) is 5.95 Å². The van der Waals surface area contributed by atoms with E-state index in [9.17, 15) is 14.9 Å². The number of methoxy groups -OCH3 is 1. The number of fused-ring (bicyclic) bond motifs is 1. The van der Waals surface area contributed by atoms with Gasteiger partial charge in [-0.3, -0.25) is 10.1 Å². The second kappa shape index (κ2) is 6.72. The number of carbonyl (C=O) groups excluding carboxylic acids is 1. The fraction of sp³-hybridized carbons (Fsp3) is 0.188. The summed E-state index contributed by atoms with van der Waals surface area (Å²) in [7, 11) is 1.23. The van der Waals surface area contributed by atoms with Gasteiger partial charge in [-0.15, -0.1) is 0 Å². The molecule has 2 heterocycles. The molecule has 0 radical (unpaired) electrons. The fourth-order valence-electron chi connectivity index (χ4n) is 3.05. The van der Waals surface area contributed by atoms with Gasteiger partial charge in [0.1, 0.15) is 11.6 Å². The van der Waals surface area contributed by atoms with Crippen molar-refractivity contribution in [3.63, 3.8) is 0 Å². The average Bonchev–Trinajstić information content (AvgIpc) is 2.59. The van der Waals surface area contributed by atoms with Crippen LogP contribution in [0.15, 0.2) is 29.5 Å². The number of halogens is 1. The Balaban J connectivity index is 2.35. The molecule has 1 unspecified atom stereocenters. The van der Waals surface area contributed by atoms with Gasteiger partial charge in [0.25, 0.3) is 5.69 Å². The maximum absolute atomic E-state index is 12.5. The molecule has 0 spiro atoms. The number of ether oxygens (including phenoxy) is 1. The number of carbonyl (C=O) groups is 1. The van der Waals surface area contributed by atoms with Crippen LogP contribution in [0.5, 0.6) is 0 Å². The highest BCUT2D eigenvalue weighted by Gasteiger charge is 2.37. The molecule has 1 aromatic heterocycles. The van der Waals surface area contributed by atoms with Crippen LogP contribution in [0.4, 0.5) is 23.3 Å². The van der Waals surface area contributed by atoms with Crippen molar-refractivity contribution in [2.24, 2.45) is 0 Å². The SMILES string of the molecule is COC(=O)C1=C(C)Nc2nc(N)nc(N)c2C1c1cc([N+](=O)[O-])ccc1Cl. The molecule has 140 valence electrons. The summed E-state index contributed by atoms with van der Waals surface area (Å²) in [4.78, 5) is 31.2. The molecule has 1 aromatic carbocycles. The number of nitro groups is 1. The minimum Gasteiger partial charge on any atom is -0.466 e. The molecule has 1 aliphatic heterocycles. The number of rotatable bonds is 3. The van der Waals surface area contributed by atoms with Crippen molar-refractivity contribution in [1.82, 2.24) is 9.97 Å². The Bertz CT molecular complexity index is 1010. The summed E-state index contributed by atoms with van der Waals surface area (Å²) in [6, 6.07) is 3.94. The molecule has 1 aliphatic rings. The van der Waals surface area contributed by atoms with Crippen molar-refractivity contribution in [2.45, 2.75) is 12.8 Å². The quantitative estimate of drug-likeness (QED) is 0.405. The lowest BCUT2D eigenvalue weighted by molar-refractivity contribution is -0.384. The second-order valence-corrected chi connectivity index (χ2v) is 6.19. The van der Waals surface area contributed by atoms with Gasteiger partial charge in [-0.25, -0.2) is 4.79 Å². The Morgan fingerprint density at radius 2 is 2.07 bits per heavy atom. The summed E-state index contributed by atoms with van der Waals surface area (Å²) >= 11 is 6.32. The number of anilines is 3. The topological polar surface area (TPSA) is 159 Å². The molecule has 0 aliphatic carbocycles. The van der Waals surface area contributed by atoms with Gasteiger partial charge in [0.15, 0.2) is 0 Å². The molecule has 0 saturated heterocycles. The van der Waals surface area contributed by atoms with Crippen LogP contribution < -0.4 is 16.8 Å². The predicted molar refractivity (Wildman–Crippen MR) is 99.1 cm³/mol. The van der Waals surface area contributed by atoms with Crippen LogP contribution in [0.2, 0.25) is 5.02 Å². The number of esters is 1. The number of nitro benzene ring substituents is 1. The first-order valence-electron chi connectivity index (χ1n) is 7.67. The zero-order valence-corrected chi connectivity index (χ0v) is 15.1. The van der Waals surface area contributed by atoms with E-state index < -0.39 is 16.8 Å². The van der Waals surface area contributed by atoms with E-state index in [2.05, 4.69) is 15.3 Å². The standard InChI is InChI=1S/C16H15ClN6O4/c1-6-10(15(24)27-2)11(8-5-7(23(25)26)3-4-9(8)17)12-13(18)21-16(19)22-14(12)20-6/h3-5,11H,1-2H3,(H5,18,19,20,21,22). The number of nitrogens with zero attached hydrogens (tertiary/aromatic N) is 3. The predicted octanol–water partition coefficient (Wildman–Crippen LogP) is 2.21. The lowest BCUT2D eigenvalue weighted by Gasteiger charge is -2.30. The van der Waals surface area contributed by atoms with E-state index >= 15 is 0 Å². The number of nitrogens with two attached hydrogens (primary N) is 2. The van der Waals surface area contributed by atoms with E-state index in [1.807, 2.05) is 0 Å².